The second-order valence-corrected chi connectivity index (χ2v) is 9.55. The zero-order valence-electron chi connectivity index (χ0n) is 15.4. The number of amides is 1. The highest BCUT2D eigenvalue weighted by atomic mass is 35.5. The highest BCUT2D eigenvalue weighted by Crippen LogP contribution is 2.33. The van der Waals surface area contributed by atoms with Crippen LogP contribution in [0.4, 0.5) is 0 Å². The summed E-state index contributed by atoms with van der Waals surface area (Å²) in [5.41, 5.74) is 1.16. The second kappa shape index (κ2) is 8.88. The van der Waals surface area contributed by atoms with Crippen molar-refractivity contribution >= 4 is 33.1 Å². The van der Waals surface area contributed by atoms with Crippen LogP contribution in [0.25, 0.3) is 0 Å². The Balaban J connectivity index is 1.64. The van der Waals surface area contributed by atoms with Gasteiger partial charge in [-0.2, -0.15) is 0 Å². The van der Waals surface area contributed by atoms with Crippen molar-refractivity contribution in [2.75, 3.05) is 18.8 Å². The van der Waals surface area contributed by atoms with Crippen LogP contribution in [0.2, 0.25) is 5.02 Å². The first-order chi connectivity index (χ1) is 13.4. The Bertz CT molecular complexity index is 959. The summed E-state index contributed by atoms with van der Waals surface area (Å²) in [6.07, 6.45) is 0.481. The first-order valence-corrected chi connectivity index (χ1v) is 11.3. The summed E-state index contributed by atoms with van der Waals surface area (Å²) in [7, 11) is -3.42. The van der Waals surface area contributed by atoms with E-state index in [2.05, 4.69) is 0 Å². The smallest absolute Gasteiger partial charge is 0.223 e. The van der Waals surface area contributed by atoms with Gasteiger partial charge in [-0.15, -0.1) is 0 Å². The number of benzene rings is 2. The molecule has 0 bridgehead atoms. The molecule has 1 amide bonds. The van der Waals surface area contributed by atoms with Crippen molar-refractivity contribution < 1.29 is 18.0 Å². The predicted molar refractivity (Wildman–Crippen MR) is 109 cm³/mol. The number of Topliss-reactive ketones (excluding diaryl/α,β-unsaturated/α-hetero) is 1. The number of nitrogens with zero attached hydrogens (tertiary/aromatic N) is 1. The molecule has 0 spiro atoms. The lowest BCUT2D eigenvalue weighted by Gasteiger charge is -2.20. The van der Waals surface area contributed by atoms with E-state index in [1.54, 1.807) is 53.4 Å². The lowest BCUT2D eigenvalue weighted by atomic mass is 10.1. The highest BCUT2D eigenvalue weighted by Gasteiger charge is 2.33. The first-order valence-electron chi connectivity index (χ1n) is 9.20. The quantitative estimate of drug-likeness (QED) is 0.693. The molecule has 28 heavy (non-hydrogen) atoms. The van der Waals surface area contributed by atoms with Gasteiger partial charge >= 0.3 is 0 Å². The van der Waals surface area contributed by atoms with Gasteiger partial charge in [-0.05, 0) is 18.1 Å². The normalized spacial score (nSPS) is 19.0. The predicted octanol–water partition coefficient (Wildman–Crippen LogP) is 3.69. The minimum Gasteiger partial charge on any atom is -0.342 e. The molecule has 1 fully saturated rings. The Hall–Kier alpha value is -2.18. The average molecular weight is 420 g/mol. The number of halogens is 1. The Morgan fingerprint density at radius 3 is 2.36 bits per heavy atom. The molecule has 3 rings (SSSR count). The Kier molecular flexibility index (Phi) is 6.52. The third-order valence-corrected chi connectivity index (χ3v) is 7.46. The van der Waals surface area contributed by atoms with Gasteiger partial charge in [0, 0.05) is 36.5 Å². The SMILES string of the molecule is O=C(CCC(=O)N1CC[C@H](c2ccccc2Cl)S(=O)(=O)CC1)c1ccccc1. The molecule has 0 saturated carbocycles. The van der Waals surface area contributed by atoms with Crippen molar-refractivity contribution in [1.82, 2.24) is 4.90 Å². The van der Waals surface area contributed by atoms with Gasteiger partial charge in [-0.25, -0.2) is 8.42 Å². The van der Waals surface area contributed by atoms with Gasteiger partial charge in [-0.1, -0.05) is 60.1 Å². The van der Waals surface area contributed by atoms with Gasteiger partial charge < -0.3 is 4.90 Å². The fourth-order valence-electron chi connectivity index (χ4n) is 3.43. The van der Waals surface area contributed by atoms with Crippen molar-refractivity contribution in [2.45, 2.75) is 24.5 Å². The van der Waals surface area contributed by atoms with E-state index in [1.165, 1.54) is 0 Å². The van der Waals surface area contributed by atoms with Crippen LogP contribution in [-0.2, 0) is 14.6 Å². The maximum absolute atomic E-state index is 12.7. The van der Waals surface area contributed by atoms with Crippen LogP contribution in [0.1, 0.15) is 40.4 Å². The third kappa shape index (κ3) is 4.80. The van der Waals surface area contributed by atoms with Gasteiger partial charge in [-0.3, -0.25) is 9.59 Å². The van der Waals surface area contributed by atoms with Gasteiger partial charge in [0.2, 0.25) is 5.91 Å². The summed E-state index contributed by atoms with van der Waals surface area (Å²) in [5.74, 6) is -0.397. The minimum absolute atomic E-state index is 0.0739. The molecule has 0 unspecified atom stereocenters. The Labute approximate surface area is 170 Å². The molecule has 148 valence electrons. The molecule has 1 atom stereocenters. The van der Waals surface area contributed by atoms with Crippen LogP contribution in [0, 0.1) is 0 Å². The molecular weight excluding hydrogens is 398 g/mol. The zero-order chi connectivity index (χ0) is 20.1. The molecule has 2 aromatic rings. The molecule has 2 aromatic carbocycles. The van der Waals surface area contributed by atoms with E-state index >= 15 is 0 Å². The summed E-state index contributed by atoms with van der Waals surface area (Å²) < 4.78 is 25.4. The monoisotopic (exact) mass is 419 g/mol. The molecule has 1 saturated heterocycles. The summed E-state index contributed by atoms with van der Waals surface area (Å²) >= 11 is 6.20. The van der Waals surface area contributed by atoms with Crippen LogP contribution in [0.15, 0.2) is 54.6 Å². The number of rotatable bonds is 5. The highest BCUT2D eigenvalue weighted by molar-refractivity contribution is 7.91. The maximum atomic E-state index is 12.7. The van der Waals surface area contributed by atoms with Crippen LogP contribution in [0.5, 0.6) is 0 Å². The van der Waals surface area contributed by atoms with Crippen molar-refractivity contribution in [3.05, 3.63) is 70.7 Å². The van der Waals surface area contributed by atoms with E-state index in [9.17, 15) is 18.0 Å². The average Bonchev–Trinajstić information content (AvgIpc) is 2.85. The van der Waals surface area contributed by atoms with Crippen molar-refractivity contribution in [1.29, 1.82) is 0 Å². The molecule has 7 heteroatoms. The molecule has 0 radical (unpaired) electrons. The van der Waals surface area contributed by atoms with Gasteiger partial charge in [0.1, 0.15) is 0 Å². The Morgan fingerprint density at radius 2 is 1.64 bits per heavy atom. The number of hydrogen-bond donors (Lipinski definition) is 0. The number of hydrogen-bond acceptors (Lipinski definition) is 4. The minimum atomic E-state index is -3.42. The van der Waals surface area contributed by atoms with Crippen LogP contribution in [0.3, 0.4) is 0 Å². The van der Waals surface area contributed by atoms with Crippen molar-refractivity contribution in [3.63, 3.8) is 0 Å². The topological polar surface area (TPSA) is 71.5 Å². The molecule has 0 aromatic heterocycles. The number of sulfone groups is 1. The van der Waals surface area contributed by atoms with E-state index < -0.39 is 15.1 Å². The van der Waals surface area contributed by atoms with Gasteiger partial charge in [0.05, 0.1) is 11.0 Å². The molecule has 0 aliphatic carbocycles. The number of ketones is 1. The Morgan fingerprint density at radius 1 is 0.964 bits per heavy atom. The molecule has 1 aliphatic heterocycles. The van der Waals surface area contributed by atoms with Crippen molar-refractivity contribution in [3.8, 4) is 0 Å². The molecule has 0 N–H and O–H groups in total. The largest absolute Gasteiger partial charge is 0.342 e. The van der Waals surface area contributed by atoms with Crippen molar-refractivity contribution in [2.24, 2.45) is 0 Å². The van der Waals surface area contributed by atoms with Crippen LogP contribution < -0.4 is 0 Å². The maximum Gasteiger partial charge on any atom is 0.223 e. The van der Waals surface area contributed by atoms with E-state index in [0.29, 0.717) is 29.1 Å². The second-order valence-electron chi connectivity index (χ2n) is 6.84. The standard InChI is InChI=1S/C21H22ClNO4S/c22-18-9-5-4-8-17(18)20-12-13-23(14-15-28(20,26)27)21(25)11-10-19(24)16-6-2-1-3-7-16/h1-9,20H,10-15H2/t20-/m1/s1. The number of carbonyl (C=O) groups is 2. The lowest BCUT2D eigenvalue weighted by molar-refractivity contribution is -0.130. The fraction of sp³-hybridized carbons (Fsp3) is 0.333. The van der Waals surface area contributed by atoms with Crippen LogP contribution >= 0.6 is 11.6 Å². The molecule has 1 aliphatic rings. The fourth-order valence-corrected chi connectivity index (χ4v) is 5.57. The first kappa shape index (κ1) is 20.6. The summed E-state index contributed by atoms with van der Waals surface area (Å²) in [6, 6.07) is 15.8. The zero-order valence-corrected chi connectivity index (χ0v) is 17.0. The lowest BCUT2D eigenvalue weighted by Crippen LogP contribution is -2.33. The van der Waals surface area contributed by atoms with Gasteiger partial charge in [0.15, 0.2) is 15.6 Å². The van der Waals surface area contributed by atoms with E-state index in [0.717, 1.165) is 0 Å². The van der Waals surface area contributed by atoms with E-state index in [4.69, 9.17) is 11.6 Å². The summed E-state index contributed by atoms with van der Waals surface area (Å²) in [6.45, 7) is 0.467. The summed E-state index contributed by atoms with van der Waals surface area (Å²) in [5, 5.41) is -0.297. The molecule has 5 nitrogen and oxygen atoms in total. The van der Waals surface area contributed by atoms with E-state index in [1.807, 2.05) is 6.07 Å². The number of carbonyl (C=O) groups excluding carboxylic acids is 2. The van der Waals surface area contributed by atoms with E-state index in [-0.39, 0.29) is 36.8 Å². The van der Waals surface area contributed by atoms with Gasteiger partial charge in [0.25, 0.3) is 0 Å². The molecule has 1 heterocycles. The third-order valence-electron chi connectivity index (χ3n) is 5.01. The molecular formula is C21H22ClNO4S. The summed E-state index contributed by atoms with van der Waals surface area (Å²) in [4.78, 5) is 26.3. The van der Waals surface area contributed by atoms with Crippen LogP contribution in [-0.4, -0.2) is 43.9 Å².